The topological polar surface area (TPSA) is 99.0 Å². The van der Waals surface area contributed by atoms with Crippen LogP contribution in [0.25, 0.3) is 5.69 Å². The highest BCUT2D eigenvalue weighted by atomic mass is 32.2. The number of hydrogen-bond donors (Lipinski definition) is 1. The standard InChI is InChI=1S/C25H21N3O5S/c1-32-24-17-19(13-14-23(24)33-34(30,31)20-9-3-2-4-10-20)18-26-27-25(29)21-11-5-6-12-22(21)28-15-7-8-16-28/h2-18H,1H3,(H,27,29)/b26-18-. The molecule has 4 aromatic rings. The largest absolute Gasteiger partial charge is 0.493 e. The zero-order valence-electron chi connectivity index (χ0n) is 18.2. The summed E-state index contributed by atoms with van der Waals surface area (Å²) in [4.78, 5) is 12.7. The summed E-state index contributed by atoms with van der Waals surface area (Å²) in [5, 5.41) is 4.02. The van der Waals surface area contributed by atoms with Crippen molar-refractivity contribution in [2.45, 2.75) is 4.90 Å². The number of hydrazone groups is 1. The van der Waals surface area contributed by atoms with Gasteiger partial charge < -0.3 is 13.5 Å². The second-order valence-electron chi connectivity index (χ2n) is 7.07. The lowest BCUT2D eigenvalue weighted by Gasteiger charge is -2.11. The number of benzene rings is 3. The third kappa shape index (κ3) is 5.16. The van der Waals surface area contributed by atoms with E-state index in [2.05, 4.69) is 10.5 Å². The summed E-state index contributed by atoms with van der Waals surface area (Å²) in [5.41, 5.74) is 4.27. The van der Waals surface area contributed by atoms with Gasteiger partial charge in [-0.25, -0.2) is 5.43 Å². The van der Waals surface area contributed by atoms with Gasteiger partial charge in [-0.15, -0.1) is 0 Å². The SMILES string of the molecule is COc1cc(/C=N\NC(=O)c2ccccc2-n2cccc2)ccc1OS(=O)(=O)c1ccccc1. The highest BCUT2D eigenvalue weighted by molar-refractivity contribution is 7.87. The average molecular weight is 476 g/mol. The molecule has 1 amide bonds. The van der Waals surface area contributed by atoms with E-state index in [9.17, 15) is 13.2 Å². The van der Waals surface area contributed by atoms with Crippen LogP contribution in [0.2, 0.25) is 0 Å². The molecular weight excluding hydrogens is 454 g/mol. The van der Waals surface area contributed by atoms with Crippen LogP contribution in [-0.2, 0) is 10.1 Å². The monoisotopic (exact) mass is 475 g/mol. The normalized spacial score (nSPS) is 11.3. The highest BCUT2D eigenvalue weighted by Gasteiger charge is 2.19. The van der Waals surface area contributed by atoms with Crippen LogP contribution in [0.4, 0.5) is 0 Å². The predicted molar refractivity (Wildman–Crippen MR) is 128 cm³/mol. The van der Waals surface area contributed by atoms with Crippen molar-refractivity contribution in [3.63, 3.8) is 0 Å². The summed E-state index contributed by atoms with van der Waals surface area (Å²) < 4.78 is 37.4. The van der Waals surface area contributed by atoms with Crippen molar-refractivity contribution in [1.29, 1.82) is 0 Å². The lowest BCUT2D eigenvalue weighted by Crippen LogP contribution is -2.19. The number of para-hydroxylation sites is 1. The fraction of sp³-hybridized carbons (Fsp3) is 0.0400. The van der Waals surface area contributed by atoms with E-state index >= 15 is 0 Å². The maximum absolute atomic E-state index is 12.7. The van der Waals surface area contributed by atoms with E-state index in [4.69, 9.17) is 8.92 Å². The first kappa shape index (κ1) is 22.8. The molecule has 0 unspecified atom stereocenters. The van der Waals surface area contributed by atoms with Gasteiger partial charge in [0.2, 0.25) is 0 Å². The molecule has 8 nitrogen and oxygen atoms in total. The quantitative estimate of drug-likeness (QED) is 0.236. The van der Waals surface area contributed by atoms with E-state index in [0.29, 0.717) is 11.1 Å². The van der Waals surface area contributed by atoms with E-state index in [1.165, 1.54) is 31.5 Å². The Morgan fingerprint density at radius 1 is 0.912 bits per heavy atom. The van der Waals surface area contributed by atoms with Gasteiger partial charge in [-0.3, -0.25) is 4.79 Å². The predicted octanol–water partition coefficient (Wildman–Crippen LogP) is 4.02. The molecule has 0 spiro atoms. The molecule has 1 heterocycles. The fourth-order valence-corrected chi connectivity index (χ4v) is 4.16. The van der Waals surface area contributed by atoms with E-state index in [-0.39, 0.29) is 22.3 Å². The molecule has 3 aromatic carbocycles. The molecular formula is C25H21N3O5S. The van der Waals surface area contributed by atoms with Crippen molar-refractivity contribution in [2.24, 2.45) is 5.10 Å². The van der Waals surface area contributed by atoms with E-state index in [1.54, 1.807) is 42.5 Å². The van der Waals surface area contributed by atoms with Crippen molar-refractivity contribution in [3.8, 4) is 17.2 Å². The summed E-state index contributed by atoms with van der Waals surface area (Å²) in [5.74, 6) is -0.137. The average Bonchev–Trinajstić information content (AvgIpc) is 3.40. The van der Waals surface area contributed by atoms with Crippen molar-refractivity contribution in [2.75, 3.05) is 7.11 Å². The molecule has 1 aromatic heterocycles. The number of ether oxygens (including phenoxy) is 1. The number of hydrogen-bond acceptors (Lipinski definition) is 6. The molecule has 172 valence electrons. The molecule has 0 aliphatic carbocycles. The second kappa shape index (κ2) is 10.1. The molecule has 34 heavy (non-hydrogen) atoms. The van der Waals surface area contributed by atoms with Crippen LogP contribution >= 0.6 is 0 Å². The molecule has 0 radical (unpaired) electrons. The summed E-state index contributed by atoms with van der Waals surface area (Å²) in [6, 6.07) is 23.4. The van der Waals surface area contributed by atoms with Gasteiger partial charge in [-0.1, -0.05) is 30.3 Å². The Morgan fingerprint density at radius 3 is 2.35 bits per heavy atom. The second-order valence-corrected chi connectivity index (χ2v) is 8.61. The van der Waals surface area contributed by atoms with Gasteiger partial charge in [0.15, 0.2) is 11.5 Å². The molecule has 0 saturated carbocycles. The summed E-state index contributed by atoms with van der Waals surface area (Å²) >= 11 is 0. The third-order valence-corrected chi connectivity index (χ3v) is 6.08. The number of carbonyl (C=O) groups excluding carboxylic acids is 1. The van der Waals surface area contributed by atoms with Crippen LogP contribution in [0.3, 0.4) is 0 Å². The van der Waals surface area contributed by atoms with Gasteiger partial charge in [-0.2, -0.15) is 13.5 Å². The lowest BCUT2D eigenvalue weighted by atomic mass is 10.1. The first-order valence-corrected chi connectivity index (χ1v) is 11.6. The molecule has 1 N–H and O–H groups in total. The minimum atomic E-state index is -4.01. The zero-order chi connectivity index (χ0) is 24.0. The van der Waals surface area contributed by atoms with Gasteiger partial charge in [0.25, 0.3) is 5.91 Å². The van der Waals surface area contributed by atoms with Gasteiger partial charge >= 0.3 is 10.1 Å². The van der Waals surface area contributed by atoms with E-state index in [0.717, 1.165) is 5.69 Å². The Labute approximate surface area is 197 Å². The molecule has 0 aliphatic rings. The molecule has 4 rings (SSSR count). The van der Waals surface area contributed by atoms with Crippen molar-refractivity contribution >= 4 is 22.2 Å². The van der Waals surface area contributed by atoms with Crippen LogP contribution in [-0.4, -0.2) is 32.2 Å². The molecule has 0 bridgehead atoms. The van der Waals surface area contributed by atoms with Crippen LogP contribution in [0.5, 0.6) is 11.5 Å². The van der Waals surface area contributed by atoms with Crippen LogP contribution in [0.1, 0.15) is 15.9 Å². The number of amides is 1. The maximum atomic E-state index is 12.7. The minimum absolute atomic E-state index is 0.0330. The number of methoxy groups -OCH3 is 1. The summed E-state index contributed by atoms with van der Waals surface area (Å²) in [7, 11) is -2.61. The molecule has 0 saturated heterocycles. The zero-order valence-corrected chi connectivity index (χ0v) is 19.0. The van der Waals surface area contributed by atoms with Crippen molar-refractivity contribution in [1.82, 2.24) is 9.99 Å². The van der Waals surface area contributed by atoms with Crippen molar-refractivity contribution in [3.05, 3.63) is 108 Å². The smallest absolute Gasteiger partial charge is 0.339 e. The maximum Gasteiger partial charge on any atom is 0.339 e. The molecule has 0 atom stereocenters. The number of nitrogens with zero attached hydrogens (tertiary/aromatic N) is 2. The van der Waals surface area contributed by atoms with Crippen LogP contribution in [0.15, 0.2) is 107 Å². The van der Waals surface area contributed by atoms with Gasteiger partial charge in [-0.05, 0) is 60.2 Å². The Hall–Kier alpha value is -4.37. The Morgan fingerprint density at radius 2 is 1.62 bits per heavy atom. The number of carbonyl (C=O) groups is 1. The number of aromatic nitrogens is 1. The first-order valence-electron chi connectivity index (χ1n) is 10.2. The van der Waals surface area contributed by atoms with Gasteiger partial charge in [0.05, 0.1) is 24.6 Å². The minimum Gasteiger partial charge on any atom is -0.493 e. The molecule has 0 aliphatic heterocycles. The highest BCUT2D eigenvalue weighted by Crippen LogP contribution is 2.30. The van der Waals surface area contributed by atoms with E-state index < -0.39 is 10.1 Å². The lowest BCUT2D eigenvalue weighted by molar-refractivity contribution is 0.0955. The van der Waals surface area contributed by atoms with Crippen molar-refractivity contribution < 1.29 is 22.1 Å². The Balaban J connectivity index is 1.48. The fourth-order valence-electron chi connectivity index (χ4n) is 3.20. The van der Waals surface area contributed by atoms with Crippen LogP contribution in [0, 0.1) is 0 Å². The van der Waals surface area contributed by atoms with E-state index in [1.807, 2.05) is 41.2 Å². The summed E-state index contributed by atoms with van der Waals surface area (Å²) in [6.07, 6.45) is 5.13. The number of rotatable bonds is 8. The van der Waals surface area contributed by atoms with Gasteiger partial charge in [0, 0.05) is 12.4 Å². The third-order valence-electron chi connectivity index (χ3n) is 4.83. The molecule has 0 fully saturated rings. The Kier molecular flexibility index (Phi) is 6.74. The van der Waals surface area contributed by atoms with Gasteiger partial charge in [0.1, 0.15) is 4.90 Å². The van der Waals surface area contributed by atoms with Crippen LogP contribution < -0.4 is 14.3 Å². The molecule has 9 heteroatoms. The first-order chi connectivity index (χ1) is 16.5. The Bertz CT molecular complexity index is 1420. The summed E-state index contributed by atoms with van der Waals surface area (Å²) in [6.45, 7) is 0. The number of nitrogens with one attached hydrogen (secondary N) is 1.